The summed E-state index contributed by atoms with van der Waals surface area (Å²) in [6.07, 6.45) is 5.13. The lowest BCUT2D eigenvalue weighted by Crippen LogP contribution is -1.82. The van der Waals surface area contributed by atoms with E-state index in [0.717, 1.165) is 23.8 Å². The van der Waals surface area contributed by atoms with Crippen molar-refractivity contribution in [2.24, 2.45) is 0 Å². The average molecular weight is 361 g/mol. The second-order valence-electron chi connectivity index (χ2n) is 3.30. The van der Waals surface area contributed by atoms with Crippen molar-refractivity contribution in [3.8, 4) is 10.6 Å². The summed E-state index contributed by atoms with van der Waals surface area (Å²) >= 11 is 9.93. The summed E-state index contributed by atoms with van der Waals surface area (Å²) in [6, 6.07) is 1.94. The quantitative estimate of drug-likeness (QED) is 0.402. The van der Waals surface area contributed by atoms with Crippen LogP contribution in [0.3, 0.4) is 0 Å². The van der Waals surface area contributed by atoms with Gasteiger partial charge < -0.3 is 0 Å². The maximum atomic E-state index is 5.15. The summed E-state index contributed by atoms with van der Waals surface area (Å²) in [5, 5.41) is 1.99. The molecular formula is C11H8N2S6. The van der Waals surface area contributed by atoms with Gasteiger partial charge >= 0.3 is 0 Å². The van der Waals surface area contributed by atoms with Crippen molar-refractivity contribution in [2.45, 2.75) is 6.92 Å². The van der Waals surface area contributed by atoms with Crippen LogP contribution in [-0.4, -0.2) is 9.97 Å². The zero-order valence-electron chi connectivity index (χ0n) is 9.73. The highest BCUT2D eigenvalue weighted by molar-refractivity contribution is 7.80. The average Bonchev–Trinajstić information content (AvgIpc) is 3.03. The molecule has 0 unspecified atom stereocenters. The molecule has 0 bridgehead atoms. The lowest BCUT2D eigenvalue weighted by atomic mass is 10.3. The second-order valence-corrected chi connectivity index (χ2v) is 8.96. The highest BCUT2D eigenvalue weighted by atomic mass is 32.9. The lowest BCUT2D eigenvalue weighted by Gasteiger charge is -1.94. The van der Waals surface area contributed by atoms with Crippen molar-refractivity contribution < 1.29 is 0 Å². The Labute approximate surface area is 135 Å². The molecule has 2 nitrogen and oxygen atoms in total. The van der Waals surface area contributed by atoms with Gasteiger partial charge in [0.05, 0.1) is 16.8 Å². The molecule has 3 rings (SSSR count). The van der Waals surface area contributed by atoms with E-state index in [2.05, 4.69) is 9.97 Å². The fourth-order valence-corrected chi connectivity index (χ4v) is 5.80. The van der Waals surface area contributed by atoms with Crippen molar-refractivity contribution in [1.29, 1.82) is 0 Å². The highest BCUT2D eigenvalue weighted by Gasteiger charge is 2.06. The Morgan fingerprint density at radius 3 is 2.37 bits per heavy atom. The molecule has 0 spiro atoms. The molecule has 98 valence electrons. The van der Waals surface area contributed by atoms with E-state index in [0.29, 0.717) is 0 Å². The third-order valence-electron chi connectivity index (χ3n) is 2.03. The maximum Gasteiger partial charge on any atom is 0.105 e. The molecule has 0 N–H and O–H groups in total. The number of hydrogen-bond donors (Lipinski definition) is 0. The minimum absolute atomic E-state index is 0.914. The monoisotopic (exact) mass is 360 g/mol. The molecule has 0 radical (unpaired) electrons. The van der Waals surface area contributed by atoms with Gasteiger partial charge in [0.2, 0.25) is 0 Å². The third kappa shape index (κ3) is 4.30. The molecule has 3 heterocycles. The van der Waals surface area contributed by atoms with Crippen molar-refractivity contribution in [3.63, 3.8) is 0 Å². The van der Waals surface area contributed by atoms with Gasteiger partial charge in [-0.25, -0.2) is 0 Å². The van der Waals surface area contributed by atoms with Crippen LogP contribution >= 0.6 is 65.8 Å². The molecule has 3 aromatic heterocycles. The van der Waals surface area contributed by atoms with Gasteiger partial charge in [-0.3, -0.25) is 9.97 Å². The molecule has 3 aromatic rings. The molecular weight excluding hydrogens is 353 g/mol. The molecule has 19 heavy (non-hydrogen) atoms. The second kappa shape index (κ2) is 7.41. The summed E-state index contributed by atoms with van der Waals surface area (Å²) in [5.74, 6) is 0. The molecule has 0 atom stereocenters. The van der Waals surface area contributed by atoms with E-state index in [-0.39, 0.29) is 0 Å². The van der Waals surface area contributed by atoms with E-state index >= 15 is 0 Å². The number of nitrogens with zero attached hydrogens (tertiary/aromatic N) is 2. The van der Waals surface area contributed by atoms with Crippen LogP contribution in [0.25, 0.3) is 10.6 Å². The van der Waals surface area contributed by atoms with Crippen molar-refractivity contribution in [2.75, 3.05) is 0 Å². The minimum atomic E-state index is 0.914. The predicted molar refractivity (Wildman–Crippen MR) is 91.8 cm³/mol. The first-order valence-corrected chi connectivity index (χ1v) is 10.3. The molecule has 0 saturated heterocycles. The summed E-state index contributed by atoms with van der Waals surface area (Å²) in [7, 11) is 6.59. The predicted octanol–water partition coefficient (Wildman–Crippen LogP) is 5.84. The largest absolute Gasteiger partial charge is 0.261 e. The van der Waals surface area contributed by atoms with Crippen LogP contribution in [0.4, 0.5) is 0 Å². The molecule has 0 fully saturated rings. The molecule has 8 heteroatoms. The zero-order valence-corrected chi connectivity index (χ0v) is 14.6. The van der Waals surface area contributed by atoms with Gasteiger partial charge in [-0.05, 0) is 18.6 Å². The Morgan fingerprint density at radius 2 is 1.95 bits per heavy atom. The first-order chi connectivity index (χ1) is 9.18. The van der Waals surface area contributed by atoms with Gasteiger partial charge in [0.25, 0.3) is 0 Å². The lowest BCUT2D eigenvalue weighted by molar-refractivity contribution is 1.21. The molecule has 0 aliphatic carbocycles. The smallest absolute Gasteiger partial charge is 0.105 e. The highest BCUT2D eigenvalue weighted by Crippen LogP contribution is 2.31. The van der Waals surface area contributed by atoms with E-state index < -0.39 is 0 Å². The normalized spacial score (nSPS) is 9.74. The summed E-state index contributed by atoms with van der Waals surface area (Å²) in [4.78, 5) is 9.40. The minimum Gasteiger partial charge on any atom is -0.261 e. The maximum absolute atomic E-state index is 5.15. The Balaban J connectivity index is 0.000000186. The number of aromatic nitrogens is 2. The third-order valence-corrected chi connectivity index (χ3v) is 7.89. The molecule has 0 aliphatic heterocycles. The van der Waals surface area contributed by atoms with Crippen LogP contribution in [0.15, 0.2) is 30.0 Å². The van der Waals surface area contributed by atoms with Gasteiger partial charge in [0.1, 0.15) is 7.65 Å². The van der Waals surface area contributed by atoms with Gasteiger partial charge in [0.15, 0.2) is 0 Å². The summed E-state index contributed by atoms with van der Waals surface area (Å²) in [5.41, 5.74) is 2.06. The van der Waals surface area contributed by atoms with Crippen LogP contribution in [0.5, 0.6) is 0 Å². The van der Waals surface area contributed by atoms with Crippen LogP contribution in [-0.2, 0) is 0 Å². The fraction of sp³-hybridized carbons (Fsp3) is 0.0909. The number of hydrogen-bond acceptors (Lipinski definition) is 8. The Kier molecular flexibility index (Phi) is 5.86. The first kappa shape index (κ1) is 15.0. The van der Waals surface area contributed by atoms with E-state index in [1.165, 1.54) is 0 Å². The number of rotatable bonds is 1. The van der Waals surface area contributed by atoms with Crippen molar-refractivity contribution in [3.05, 3.63) is 43.2 Å². The Bertz CT molecular complexity index is 719. The fourth-order valence-electron chi connectivity index (χ4n) is 1.13. The van der Waals surface area contributed by atoms with E-state index in [1.54, 1.807) is 60.0 Å². The first-order valence-electron chi connectivity index (χ1n) is 5.08. The summed E-state index contributed by atoms with van der Waals surface area (Å²) < 4.78 is 1.94. The van der Waals surface area contributed by atoms with Crippen LogP contribution in [0, 0.1) is 14.6 Å². The van der Waals surface area contributed by atoms with Crippen molar-refractivity contribution in [1.82, 2.24) is 9.97 Å². The van der Waals surface area contributed by atoms with Crippen molar-refractivity contribution >= 4 is 65.8 Å². The van der Waals surface area contributed by atoms with Gasteiger partial charge in [0, 0.05) is 17.8 Å². The topological polar surface area (TPSA) is 25.8 Å². The SMILES string of the molecule is Cc1c(-c2cnccn2)ssc1=S.S=c1ccss1. The van der Waals surface area contributed by atoms with Gasteiger partial charge in [-0.2, -0.15) is 0 Å². The zero-order chi connectivity index (χ0) is 13.7. The standard InChI is InChI=1S/C8H6N2S3.C3H2S3/c1-5-7(12-13-8(5)11)6-4-9-2-3-10-6;4-3-1-2-5-6-3/h2-4H,1H3;1-2H. The summed E-state index contributed by atoms with van der Waals surface area (Å²) in [6.45, 7) is 2.03. The van der Waals surface area contributed by atoms with E-state index in [4.69, 9.17) is 24.4 Å². The van der Waals surface area contributed by atoms with E-state index in [1.807, 2.05) is 18.4 Å². The Hall–Kier alpha value is -0.380. The van der Waals surface area contributed by atoms with Gasteiger partial charge in [-0.1, -0.05) is 65.8 Å². The molecule has 0 aliphatic rings. The van der Waals surface area contributed by atoms with Gasteiger partial charge in [-0.15, -0.1) is 0 Å². The molecule has 0 amide bonds. The Morgan fingerprint density at radius 1 is 1.11 bits per heavy atom. The van der Waals surface area contributed by atoms with Crippen LogP contribution in [0.1, 0.15) is 5.56 Å². The van der Waals surface area contributed by atoms with E-state index in [9.17, 15) is 0 Å². The molecule has 0 saturated carbocycles. The van der Waals surface area contributed by atoms with Crippen LogP contribution in [0.2, 0.25) is 0 Å². The van der Waals surface area contributed by atoms with Crippen LogP contribution < -0.4 is 0 Å². The molecule has 0 aromatic carbocycles.